The summed E-state index contributed by atoms with van der Waals surface area (Å²) in [5.41, 5.74) is 4.94. The molecule has 3 rings (SSSR count). The summed E-state index contributed by atoms with van der Waals surface area (Å²) >= 11 is 0. The van der Waals surface area contributed by atoms with Crippen molar-refractivity contribution in [1.82, 2.24) is 9.55 Å². The van der Waals surface area contributed by atoms with Gasteiger partial charge in [-0.2, -0.15) is 0 Å². The Hall–Kier alpha value is -2.39. The van der Waals surface area contributed by atoms with Crippen molar-refractivity contribution in [3.8, 4) is 0 Å². The Bertz CT molecular complexity index is 733. The molecule has 0 fully saturated rings. The second-order valence-electron chi connectivity index (χ2n) is 5.90. The van der Waals surface area contributed by atoms with Gasteiger partial charge in [-0.3, -0.25) is 0 Å². The largest absolute Gasteiger partial charge is 0.367 e. The topological polar surface area (TPSA) is 27.1 Å². The van der Waals surface area contributed by atoms with Crippen LogP contribution in [0.4, 0.5) is 0 Å². The van der Waals surface area contributed by atoms with Crippen LogP contribution in [-0.4, -0.2) is 9.55 Å². The predicted molar refractivity (Wildman–Crippen MR) is 103 cm³/mol. The fourth-order valence-electron chi connectivity index (χ4n) is 2.66. The minimum absolute atomic E-state index is 0.00621. The van der Waals surface area contributed by atoms with Crippen molar-refractivity contribution in [2.45, 2.75) is 47.0 Å². The van der Waals surface area contributed by atoms with Crippen molar-refractivity contribution < 1.29 is 4.74 Å². The SMILES string of the molecule is CC.Cc1ccc(COC(Cn2ccnc2)c2ccccc2C)cc1. The van der Waals surface area contributed by atoms with Crippen LogP contribution in [0, 0.1) is 13.8 Å². The summed E-state index contributed by atoms with van der Waals surface area (Å²) in [4.78, 5) is 4.13. The molecule has 2 aromatic carbocycles. The second-order valence-corrected chi connectivity index (χ2v) is 5.90. The van der Waals surface area contributed by atoms with Gasteiger partial charge in [0.2, 0.25) is 0 Å². The summed E-state index contributed by atoms with van der Waals surface area (Å²) in [6.07, 6.45) is 5.61. The molecule has 3 nitrogen and oxygen atoms in total. The van der Waals surface area contributed by atoms with Gasteiger partial charge in [0.25, 0.3) is 0 Å². The van der Waals surface area contributed by atoms with Crippen molar-refractivity contribution in [3.63, 3.8) is 0 Å². The number of aryl methyl sites for hydroxylation is 2. The molecule has 1 aromatic heterocycles. The maximum atomic E-state index is 6.26. The summed E-state index contributed by atoms with van der Waals surface area (Å²) in [6, 6.07) is 16.9. The van der Waals surface area contributed by atoms with E-state index in [1.165, 1.54) is 22.3 Å². The predicted octanol–water partition coefficient (Wildman–Crippen LogP) is 5.48. The third kappa shape index (κ3) is 5.57. The van der Waals surface area contributed by atoms with E-state index >= 15 is 0 Å². The molecule has 0 saturated heterocycles. The van der Waals surface area contributed by atoms with E-state index in [2.05, 4.69) is 71.9 Å². The highest BCUT2D eigenvalue weighted by Gasteiger charge is 2.15. The van der Waals surface area contributed by atoms with Gasteiger partial charge in [-0.15, -0.1) is 0 Å². The van der Waals surface area contributed by atoms with Crippen molar-refractivity contribution in [2.24, 2.45) is 0 Å². The molecule has 0 aliphatic rings. The van der Waals surface area contributed by atoms with E-state index in [4.69, 9.17) is 4.74 Å². The highest BCUT2D eigenvalue weighted by molar-refractivity contribution is 5.28. The van der Waals surface area contributed by atoms with E-state index < -0.39 is 0 Å². The van der Waals surface area contributed by atoms with Gasteiger partial charge in [0.05, 0.1) is 19.5 Å². The van der Waals surface area contributed by atoms with Gasteiger partial charge in [-0.25, -0.2) is 4.98 Å². The lowest BCUT2D eigenvalue weighted by molar-refractivity contribution is 0.0276. The molecular formula is C22H28N2O. The minimum Gasteiger partial charge on any atom is -0.367 e. The number of hydrogen-bond donors (Lipinski definition) is 0. The van der Waals surface area contributed by atoms with E-state index in [9.17, 15) is 0 Å². The zero-order valence-electron chi connectivity index (χ0n) is 15.6. The molecule has 1 unspecified atom stereocenters. The lowest BCUT2D eigenvalue weighted by Gasteiger charge is -2.21. The van der Waals surface area contributed by atoms with Gasteiger partial charge in [0.1, 0.15) is 6.10 Å². The monoisotopic (exact) mass is 336 g/mol. The molecule has 0 bridgehead atoms. The third-order valence-electron chi connectivity index (χ3n) is 4.04. The molecule has 25 heavy (non-hydrogen) atoms. The van der Waals surface area contributed by atoms with Crippen LogP contribution in [0.1, 0.15) is 42.2 Å². The zero-order valence-corrected chi connectivity index (χ0v) is 15.6. The number of ether oxygens (including phenoxy) is 1. The van der Waals surface area contributed by atoms with E-state index in [1.807, 2.05) is 26.4 Å². The fourth-order valence-corrected chi connectivity index (χ4v) is 2.66. The molecule has 0 radical (unpaired) electrons. The molecule has 0 N–H and O–H groups in total. The molecule has 0 aliphatic heterocycles. The number of hydrogen-bond acceptors (Lipinski definition) is 2. The molecule has 0 spiro atoms. The average molecular weight is 336 g/mol. The van der Waals surface area contributed by atoms with Crippen LogP contribution in [0.3, 0.4) is 0 Å². The van der Waals surface area contributed by atoms with Crippen molar-refractivity contribution >= 4 is 0 Å². The van der Waals surface area contributed by atoms with E-state index in [1.54, 1.807) is 6.20 Å². The first-order chi connectivity index (χ1) is 12.2. The summed E-state index contributed by atoms with van der Waals surface area (Å²) in [6.45, 7) is 9.59. The first-order valence-corrected chi connectivity index (χ1v) is 8.91. The molecule has 0 aliphatic carbocycles. The van der Waals surface area contributed by atoms with Crippen LogP contribution in [0.15, 0.2) is 67.3 Å². The highest BCUT2D eigenvalue weighted by Crippen LogP contribution is 2.24. The van der Waals surface area contributed by atoms with Crippen molar-refractivity contribution in [3.05, 3.63) is 89.5 Å². The van der Waals surface area contributed by atoms with Gasteiger partial charge in [0.15, 0.2) is 0 Å². The molecule has 132 valence electrons. The summed E-state index contributed by atoms with van der Waals surface area (Å²) < 4.78 is 8.32. The van der Waals surface area contributed by atoms with Gasteiger partial charge in [-0.05, 0) is 30.5 Å². The number of benzene rings is 2. The molecule has 3 heteroatoms. The van der Waals surface area contributed by atoms with Crippen LogP contribution in [-0.2, 0) is 17.9 Å². The summed E-state index contributed by atoms with van der Waals surface area (Å²) in [7, 11) is 0. The Morgan fingerprint density at radius 2 is 1.72 bits per heavy atom. The van der Waals surface area contributed by atoms with Crippen LogP contribution in [0.2, 0.25) is 0 Å². The Kier molecular flexibility index (Phi) is 7.42. The van der Waals surface area contributed by atoms with Gasteiger partial charge >= 0.3 is 0 Å². The molecular weight excluding hydrogens is 308 g/mol. The maximum absolute atomic E-state index is 6.26. The zero-order chi connectivity index (χ0) is 18.1. The average Bonchev–Trinajstić information content (AvgIpc) is 3.15. The molecule has 0 saturated carbocycles. The lowest BCUT2D eigenvalue weighted by atomic mass is 10.0. The second kappa shape index (κ2) is 9.80. The van der Waals surface area contributed by atoms with Crippen LogP contribution >= 0.6 is 0 Å². The van der Waals surface area contributed by atoms with E-state index in [0.29, 0.717) is 6.61 Å². The molecule has 3 aromatic rings. The number of aromatic nitrogens is 2. The number of rotatable bonds is 6. The third-order valence-corrected chi connectivity index (χ3v) is 4.04. The Balaban J connectivity index is 0.00000109. The highest BCUT2D eigenvalue weighted by atomic mass is 16.5. The standard InChI is InChI=1S/C20H22N2O.C2H6/c1-16-7-9-18(10-8-16)14-23-20(13-22-12-11-21-15-22)19-6-4-3-5-17(19)2;1-2/h3-12,15,20H,13-14H2,1-2H3;1-2H3. The van der Waals surface area contributed by atoms with Gasteiger partial charge in [0, 0.05) is 12.4 Å². The Morgan fingerprint density at radius 3 is 2.36 bits per heavy atom. The van der Waals surface area contributed by atoms with Crippen molar-refractivity contribution in [2.75, 3.05) is 0 Å². The van der Waals surface area contributed by atoms with Crippen LogP contribution in [0.25, 0.3) is 0 Å². The number of nitrogens with zero attached hydrogens (tertiary/aromatic N) is 2. The Morgan fingerprint density at radius 1 is 1.00 bits per heavy atom. The molecule has 1 heterocycles. The first-order valence-electron chi connectivity index (χ1n) is 8.91. The maximum Gasteiger partial charge on any atom is 0.101 e. The number of imidazole rings is 1. The minimum atomic E-state index is 0.00621. The summed E-state index contributed by atoms with van der Waals surface area (Å²) in [5.74, 6) is 0. The van der Waals surface area contributed by atoms with E-state index in [-0.39, 0.29) is 6.10 Å². The van der Waals surface area contributed by atoms with Crippen LogP contribution in [0.5, 0.6) is 0 Å². The smallest absolute Gasteiger partial charge is 0.101 e. The van der Waals surface area contributed by atoms with Crippen molar-refractivity contribution in [1.29, 1.82) is 0 Å². The Labute approximate surface area is 151 Å². The van der Waals surface area contributed by atoms with E-state index in [0.717, 1.165) is 6.54 Å². The fraction of sp³-hybridized carbons (Fsp3) is 0.318. The van der Waals surface area contributed by atoms with Gasteiger partial charge < -0.3 is 9.30 Å². The lowest BCUT2D eigenvalue weighted by Crippen LogP contribution is -2.13. The van der Waals surface area contributed by atoms with Crippen LogP contribution < -0.4 is 0 Å². The van der Waals surface area contributed by atoms with Gasteiger partial charge in [-0.1, -0.05) is 67.9 Å². The normalized spacial score (nSPS) is 11.5. The summed E-state index contributed by atoms with van der Waals surface area (Å²) in [5, 5.41) is 0. The first kappa shape index (κ1) is 18.9. The molecule has 0 amide bonds. The quantitative estimate of drug-likeness (QED) is 0.595. The molecule has 1 atom stereocenters.